The number of carbonyl (C=O) groups is 2. The van der Waals surface area contributed by atoms with Gasteiger partial charge in [0, 0.05) is 22.7 Å². The molecule has 0 spiro atoms. The van der Waals surface area contributed by atoms with E-state index in [0.717, 1.165) is 19.3 Å². The fraction of sp³-hybridized carbons (Fsp3) is 0.412. The molecule has 2 rings (SSSR count). The van der Waals surface area contributed by atoms with Crippen LogP contribution in [0.5, 0.6) is 0 Å². The van der Waals surface area contributed by atoms with Crippen LogP contribution in [-0.4, -0.2) is 29.6 Å². The monoisotopic (exact) mass is 300 g/mol. The van der Waals surface area contributed by atoms with Crippen LogP contribution >= 0.6 is 0 Å². The Kier molecular flexibility index (Phi) is 4.84. The molecule has 0 aromatic heterocycles. The lowest BCUT2D eigenvalue weighted by Crippen LogP contribution is -2.48. The third-order valence-electron chi connectivity index (χ3n) is 4.24. The number of carbonyl (C=O) groups excluding carboxylic acids is 2. The Bertz CT molecular complexity index is 621. The van der Waals surface area contributed by atoms with Crippen molar-refractivity contribution >= 4 is 17.5 Å². The highest BCUT2D eigenvalue weighted by molar-refractivity contribution is 6.39. The maximum atomic E-state index is 12.0. The molecule has 0 bridgehead atoms. The summed E-state index contributed by atoms with van der Waals surface area (Å²) in [6.45, 7) is 1.91. The van der Waals surface area contributed by atoms with Crippen molar-refractivity contribution in [1.82, 2.24) is 5.32 Å². The molecule has 0 aliphatic heterocycles. The number of benzene rings is 1. The van der Waals surface area contributed by atoms with Gasteiger partial charge in [-0.3, -0.25) is 9.59 Å². The summed E-state index contributed by atoms with van der Waals surface area (Å²) in [5.74, 6) is 1.04. The third-order valence-corrected chi connectivity index (χ3v) is 4.24. The fourth-order valence-electron chi connectivity index (χ4n) is 2.77. The van der Waals surface area contributed by atoms with Gasteiger partial charge in [-0.2, -0.15) is 0 Å². The lowest BCUT2D eigenvalue weighted by molar-refractivity contribution is -0.137. The van der Waals surface area contributed by atoms with Crippen LogP contribution in [0.1, 0.15) is 31.7 Å². The lowest BCUT2D eigenvalue weighted by Gasteiger charge is -2.29. The average Bonchev–Trinajstić information content (AvgIpc) is 2.89. The van der Waals surface area contributed by atoms with Gasteiger partial charge in [0.05, 0.1) is 6.61 Å². The van der Waals surface area contributed by atoms with Crippen LogP contribution < -0.4 is 10.6 Å². The first-order valence-electron chi connectivity index (χ1n) is 7.28. The number of aliphatic hydroxyl groups excluding tert-OH is 1. The topological polar surface area (TPSA) is 78.4 Å². The number of hydrogen-bond donors (Lipinski definition) is 3. The van der Waals surface area contributed by atoms with Gasteiger partial charge in [0.15, 0.2) is 0 Å². The minimum absolute atomic E-state index is 0.0101. The molecule has 1 saturated carbocycles. The van der Waals surface area contributed by atoms with Gasteiger partial charge in [0.1, 0.15) is 0 Å². The summed E-state index contributed by atoms with van der Waals surface area (Å²) in [7, 11) is 0. The summed E-state index contributed by atoms with van der Waals surface area (Å²) < 4.78 is 0. The zero-order valence-corrected chi connectivity index (χ0v) is 12.6. The van der Waals surface area contributed by atoms with Crippen molar-refractivity contribution in [1.29, 1.82) is 0 Å². The van der Waals surface area contributed by atoms with E-state index in [0.29, 0.717) is 11.3 Å². The quantitative estimate of drug-likeness (QED) is 0.581. The smallest absolute Gasteiger partial charge is 0.313 e. The van der Waals surface area contributed by atoms with Gasteiger partial charge in [-0.1, -0.05) is 25.3 Å². The molecule has 1 aromatic carbocycles. The number of aliphatic hydroxyl groups is 1. The van der Waals surface area contributed by atoms with Gasteiger partial charge < -0.3 is 15.7 Å². The molecular weight excluding hydrogens is 280 g/mol. The first-order chi connectivity index (χ1) is 10.5. The standard InChI is InChI=1S/C17H20N2O3/c1-3-12-6-4-7-13(10-12)18-15(21)16(22)19-14-8-5-9-17(14,2)11-20/h1,4,6-7,10,14,20H,5,8-9,11H2,2H3,(H,18,21)(H,19,22). The molecule has 1 aromatic rings. The summed E-state index contributed by atoms with van der Waals surface area (Å²) in [6, 6.07) is 6.55. The SMILES string of the molecule is C#Cc1cccc(NC(=O)C(=O)NC2CCCC2(C)CO)c1. The minimum atomic E-state index is -0.735. The molecule has 5 nitrogen and oxygen atoms in total. The molecule has 3 N–H and O–H groups in total. The fourth-order valence-corrected chi connectivity index (χ4v) is 2.77. The third kappa shape index (κ3) is 3.46. The van der Waals surface area contributed by atoms with E-state index in [1.54, 1.807) is 24.3 Å². The number of hydrogen-bond acceptors (Lipinski definition) is 3. The molecule has 2 unspecified atom stereocenters. The van der Waals surface area contributed by atoms with Crippen molar-refractivity contribution in [3.63, 3.8) is 0 Å². The zero-order chi connectivity index (χ0) is 16.2. The Morgan fingerprint density at radius 1 is 1.45 bits per heavy atom. The van der Waals surface area contributed by atoms with Crippen LogP contribution in [-0.2, 0) is 9.59 Å². The van der Waals surface area contributed by atoms with Gasteiger partial charge in [0.25, 0.3) is 0 Å². The van der Waals surface area contributed by atoms with Crippen molar-refractivity contribution < 1.29 is 14.7 Å². The van der Waals surface area contributed by atoms with Crippen molar-refractivity contribution in [3.8, 4) is 12.3 Å². The van der Waals surface area contributed by atoms with Gasteiger partial charge in [-0.25, -0.2) is 0 Å². The summed E-state index contributed by atoms with van der Waals surface area (Å²) >= 11 is 0. The van der Waals surface area contributed by atoms with Crippen LogP contribution in [0.25, 0.3) is 0 Å². The van der Waals surface area contributed by atoms with Crippen LogP contribution in [0.4, 0.5) is 5.69 Å². The molecule has 2 amide bonds. The van der Waals surface area contributed by atoms with Gasteiger partial charge >= 0.3 is 11.8 Å². The van der Waals surface area contributed by atoms with Gasteiger partial charge in [0.2, 0.25) is 0 Å². The number of anilines is 1. The molecule has 0 heterocycles. The van der Waals surface area contributed by atoms with Gasteiger partial charge in [-0.15, -0.1) is 6.42 Å². The van der Waals surface area contributed by atoms with Crippen molar-refractivity contribution in [3.05, 3.63) is 29.8 Å². The van der Waals surface area contributed by atoms with Crippen molar-refractivity contribution in [2.45, 2.75) is 32.2 Å². The molecule has 2 atom stereocenters. The molecule has 0 saturated heterocycles. The summed E-state index contributed by atoms with van der Waals surface area (Å²) in [4.78, 5) is 24.0. The predicted molar refractivity (Wildman–Crippen MR) is 84.0 cm³/mol. The second-order valence-corrected chi connectivity index (χ2v) is 5.91. The van der Waals surface area contributed by atoms with E-state index in [1.807, 2.05) is 6.92 Å². The van der Waals surface area contributed by atoms with Crippen molar-refractivity contribution in [2.75, 3.05) is 11.9 Å². The Morgan fingerprint density at radius 2 is 2.23 bits per heavy atom. The maximum absolute atomic E-state index is 12.0. The highest BCUT2D eigenvalue weighted by atomic mass is 16.3. The predicted octanol–water partition coefficient (Wildman–Crippen LogP) is 1.27. The van der Waals surface area contributed by atoms with E-state index < -0.39 is 11.8 Å². The minimum Gasteiger partial charge on any atom is -0.396 e. The summed E-state index contributed by atoms with van der Waals surface area (Å²) in [6.07, 6.45) is 7.82. The molecule has 1 aliphatic carbocycles. The Balaban J connectivity index is 1.98. The largest absolute Gasteiger partial charge is 0.396 e. The molecule has 22 heavy (non-hydrogen) atoms. The number of nitrogens with one attached hydrogen (secondary N) is 2. The lowest BCUT2D eigenvalue weighted by atomic mass is 9.86. The maximum Gasteiger partial charge on any atom is 0.313 e. The molecule has 0 radical (unpaired) electrons. The van der Waals surface area contributed by atoms with Crippen molar-refractivity contribution in [2.24, 2.45) is 5.41 Å². The Morgan fingerprint density at radius 3 is 2.91 bits per heavy atom. The Labute approximate surface area is 130 Å². The Hall–Kier alpha value is -2.32. The molecule has 1 aliphatic rings. The second-order valence-electron chi connectivity index (χ2n) is 5.91. The number of amides is 2. The molecule has 116 valence electrons. The van der Waals surface area contributed by atoms with E-state index in [1.165, 1.54) is 0 Å². The van der Waals surface area contributed by atoms with Crippen LogP contribution in [0, 0.1) is 17.8 Å². The highest BCUT2D eigenvalue weighted by Crippen LogP contribution is 2.37. The van der Waals surface area contributed by atoms with E-state index >= 15 is 0 Å². The first kappa shape index (κ1) is 16.1. The van der Waals surface area contributed by atoms with E-state index in [4.69, 9.17) is 6.42 Å². The normalized spacial score (nSPS) is 23.6. The van der Waals surface area contributed by atoms with E-state index in [-0.39, 0.29) is 18.1 Å². The highest BCUT2D eigenvalue weighted by Gasteiger charge is 2.39. The average molecular weight is 300 g/mol. The van der Waals surface area contributed by atoms with Crippen LogP contribution in [0.15, 0.2) is 24.3 Å². The van der Waals surface area contributed by atoms with Crippen LogP contribution in [0.2, 0.25) is 0 Å². The molecule has 5 heteroatoms. The number of terminal acetylenes is 1. The summed E-state index contributed by atoms with van der Waals surface area (Å²) in [5.41, 5.74) is 0.744. The van der Waals surface area contributed by atoms with E-state index in [9.17, 15) is 14.7 Å². The van der Waals surface area contributed by atoms with E-state index in [2.05, 4.69) is 16.6 Å². The second kappa shape index (κ2) is 6.63. The first-order valence-corrected chi connectivity index (χ1v) is 7.28. The summed E-state index contributed by atoms with van der Waals surface area (Å²) in [5, 5.41) is 14.7. The molecule has 1 fully saturated rings. The number of rotatable bonds is 3. The van der Waals surface area contributed by atoms with Gasteiger partial charge in [-0.05, 0) is 31.0 Å². The van der Waals surface area contributed by atoms with Crippen LogP contribution in [0.3, 0.4) is 0 Å². The zero-order valence-electron chi connectivity index (χ0n) is 12.6. The molecular formula is C17H20N2O3.